The van der Waals surface area contributed by atoms with Crippen molar-refractivity contribution in [2.45, 2.75) is 26.1 Å². The van der Waals surface area contributed by atoms with Crippen molar-refractivity contribution >= 4 is 11.6 Å². The van der Waals surface area contributed by atoms with E-state index in [0.717, 1.165) is 23.4 Å². The molecule has 2 nitrogen and oxygen atoms in total. The molecule has 16 heavy (non-hydrogen) atoms. The van der Waals surface area contributed by atoms with E-state index in [4.69, 9.17) is 16.0 Å². The first-order chi connectivity index (χ1) is 7.74. The summed E-state index contributed by atoms with van der Waals surface area (Å²) in [6, 6.07) is 8.22. The van der Waals surface area contributed by atoms with Crippen LogP contribution in [0.15, 0.2) is 28.7 Å². The zero-order valence-corrected chi connectivity index (χ0v) is 10.2. The molecule has 0 amide bonds. The number of nitrogens with zero attached hydrogens (tertiary/aromatic N) is 1. The summed E-state index contributed by atoms with van der Waals surface area (Å²) in [7, 11) is 0. The summed E-state index contributed by atoms with van der Waals surface area (Å²) < 4.78 is 5.60. The lowest BCUT2D eigenvalue weighted by atomic mass is 10.1. The van der Waals surface area contributed by atoms with E-state index < -0.39 is 0 Å². The van der Waals surface area contributed by atoms with E-state index in [1.165, 1.54) is 5.56 Å². The minimum atomic E-state index is 0.392. The van der Waals surface area contributed by atoms with Crippen LogP contribution in [0.1, 0.15) is 23.9 Å². The molecular formula is C13H14ClNO. The molecule has 0 spiro atoms. The highest BCUT2D eigenvalue weighted by Gasteiger charge is 2.10. The smallest absolute Gasteiger partial charge is 0.226 e. The molecule has 1 aromatic heterocycles. The van der Waals surface area contributed by atoms with Crippen molar-refractivity contribution in [1.29, 1.82) is 0 Å². The summed E-state index contributed by atoms with van der Waals surface area (Å²) in [6.07, 6.45) is 1.01. The van der Waals surface area contributed by atoms with Crippen LogP contribution >= 0.6 is 11.6 Å². The largest absolute Gasteiger partial charge is 0.441 e. The van der Waals surface area contributed by atoms with Gasteiger partial charge in [-0.3, -0.25) is 0 Å². The number of aryl methyl sites for hydroxylation is 2. The van der Waals surface area contributed by atoms with Gasteiger partial charge in [-0.05, 0) is 31.0 Å². The molecule has 0 radical (unpaired) electrons. The van der Waals surface area contributed by atoms with E-state index in [9.17, 15) is 0 Å². The number of aromatic nitrogens is 1. The number of halogens is 1. The van der Waals surface area contributed by atoms with E-state index in [1.807, 2.05) is 19.1 Å². The zero-order chi connectivity index (χ0) is 11.5. The third-order valence-corrected chi connectivity index (χ3v) is 2.85. The van der Waals surface area contributed by atoms with Gasteiger partial charge in [0.05, 0.1) is 11.6 Å². The Kier molecular flexibility index (Phi) is 3.30. The maximum atomic E-state index is 5.77. The van der Waals surface area contributed by atoms with Crippen LogP contribution in [-0.4, -0.2) is 4.98 Å². The maximum Gasteiger partial charge on any atom is 0.226 e. The van der Waals surface area contributed by atoms with Gasteiger partial charge < -0.3 is 4.42 Å². The van der Waals surface area contributed by atoms with Crippen molar-refractivity contribution in [1.82, 2.24) is 4.98 Å². The van der Waals surface area contributed by atoms with Gasteiger partial charge in [-0.1, -0.05) is 19.1 Å². The van der Waals surface area contributed by atoms with Gasteiger partial charge in [0.1, 0.15) is 5.76 Å². The van der Waals surface area contributed by atoms with Crippen molar-refractivity contribution in [2.24, 2.45) is 0 Å². The lowest BCUT2D eigenvalue weighted by Gasteiger charge is -1.98. The van der Waals surface area contributed by atoms with Crippen molar-refractivity contribution in [3.05, 3.63) is 41.3 Å². The fourth-order valence-electron chi connectivity index (χ4n) is 1.60. The van der Waals surface area contributed by atoms with E-state index in [2.05, 4.69) is 24.0 Å². The molecule has 3 heteroatoms. The Morgan fingerprint density at radius 3 is 2.81 bits per heavy atom. The molecule has 0 bridgehead atoms. The van der Waals surface area contributed by atoms with Crippen LogP contribution in [0.3, 0.4) is 0 Å². The predicted molar refractivity (Wildman–Crippen MR) is 65.6 cm³/mol. The second kappa shape index (κ2) is 4.71. The molecular weight excluding hydrogens is 222 g/mol. The van der Waals surface area contributed by atoms with Crippen LogP contribution in [0.2, 0.25) is 0 Å². The number of rotatable bonds is 3. The Balaban J connectivity index is 2.41. The van der Waals surface area contributed by atoms with Crippen molar-refractivity contribution in [2.75, 3.05) is 0 Å². The molecule has 1 heterocycles. The van der Waals surface area contributed by atoms with Gasteiger partial charge in [-0.25, -0.2) is 4.98 Å². The first-order valence-electron chi connectivity index (χ1n) is 5.36. The Hall–Kier alpha value is -1.28. The predicted octanol–water partition coefficient (Wildman–Crippen LogP) is 3.95. The van der Waals surface area contributed by atoms with Crippen LogP contribution in [0, 0.1) is 6.92 Å². The quantitative estimate of drug-likeness (QED) is 0.753. The van der Waals surface area contributed by atoms with Crippen molar-refractivity contribution < 1.29 is 4.42 Å². The molecule has 0 saturated carbocycles. The molecule has 0 aliphatic heterocycles. The molecule has 0 unspecified atom stereocenters. The first kappa shape index (κ1) is 11.2. The normalized spacial score (nSPS) is 10.7. The summed E-state index contributed by atoms with van der Waals surface area (Å²) >= 11 is 5.77. The highest BCUT2D eigenvalue weighted by atomic mass is 35.5. The summed E-state index contributed by atoms with van der Waals surface area (Å²) in [5, 5.41) is 0. The second-order valence-corrected chi connectivity index (χ2v) is 3.98. The fraction of sp³-hybridized carbons (Fsp3) is 0.308. The maximum absolute atomic E-state index is 5.77. The Bertz CT molecular complexity index is 490. The highest BCUT2D eigenvalue weighted by molar-refractivity contribution is 6.16. The number of hydrogen-bond donors (Lipinski definition) is 0. The highest BCUT2D eigenvalue weighted by Crippen LogP contribution is 2.23. The van der Waals surface area contributed by atoms with E-state index in [1.54, 1.807) is 0 Å². The number of alkyl halides is 1. The lowest BCUT2D eigenvalue weighted by Crippen LogP contribution is -1.83. The van der Waals surface area contributed by atoms with Gasteiger partial charge in [-0.2, -0.15) is 0 Å². The Morgan fingerprint density at radius 2 is 2.19 bits per heavy atom. The topological polar surface area (TPSA) is 26.0 Å². The average molecular weight is 236 g/mol. The van der Waals surface area contributed by atoms with E-state index >= 15 is 0 Å². The van der Waals surface area contributed by atoms with Gasteiger partial charge in [0, 0.05) is 5.56 Å². The minimum Gasteiger partial charge on any atom is -0.441 e. The van der Waals surface area contributed by atoms with Crippen molar-refractivity contribution in [3.8, 4) is 11.5 Å². The molecule has 0 aliphatic carbocycles. The van der Waals surface area contributed by atoms with Crippen molar-refractivity contribution in [3.63, 3.8) is 0 Å². The fourth-order valence-corrected chi connectivity index (χ4v) is 1.85. The second-order valence-electron chi connectivity index (χ2n) is 3.71. The van der Waals surface area contributed by atoms with E-state index in [-0.39, 0.29) is 0 Å². The van der Waals surface area contributed by atoms with Crippen LogP contribution in [-0.2, 0) is 12.3 Å². The third-order valence-electron chi connectivity index (χ3n) is 2.60. The average Bonchev–Trinajstić information content (AvgIpc) is 2.71. The molecule has 2 aromatic rings. The summed E-state index contributed by atoms with van der Waals surface area (Å²) in [4.78, 5) is 4.38. The molecule has 0 aliphatic rings. The van der Waals surface area contributed by atoms with Gasteiger partial charge in [0.2, 0.25) is 5.89 Å². The van der Waals surface area contributed by atoms with Gasteiger partial charge in [-0.15, -0.1) is 11.6 Å². The van der Waals surface area contributed by atoms with Crippen LogP contribution in [0.4, 0.5) is 0 Å². The number of benzene rings is 1. The third kappa shape index (κ3) is 2.12. The monoisotopic (exact) mass is 235 g/mol. The molecule has 2 rings (SSSR count). The van der Waals surface area contributed by atoms with E-state index in [0.29, 0.717) is 11.8 Å². The number of hydrogen-bond acceptors (Lipinski definition) is 2. The summed E-state index contributed by atoms with van der Waals surface area (Å²) in [6.45, 7) is 4.02. The molecule has 1 aromatic carbocycles. The van der Waals surface area contributed by atoms with Crippen LogP contribution < -0.4 is 0 Å². The van der Waals surface area contributed by atoms with Crippen LogP contribution in [0.5, 0.6) is 0 Å². The van der Waals surface area contributed by atoms with Gasteiger partial charge in [0.15, 0.2) is 0 Å². The summed E-state index contributed by atoms with van der Waals surface area (Å²) in [5.74, 6) is 1.85. The lowest BCUT2D eigenvalue weighted by molar-refractivity contribution is 0.540. The Labute approximate surface area is 100 Å². The van der Waals surface area contributed by atoms with Gasteiger partial charge in [0.25, 0.3) is 0 Å². The standard InChI is InChI=1S/C13H14ClNO/c1-3-10-5-4-6-11(7-10)13-15-12(8-14)9(2)16-13/h4-7H,3,8H2,1-2H3. The summed E-state index contributed by atoms with van der Waals surface area (Å²) in [5.41, 5.74) is 3.11. The molecule has 0 saturated heterocycles. The molecule has 84 valence electrons. The molecule has 0 N–H and O–H groups in total. The van der Waals surface area contributed by atoms with Crippen LogP contribution in [0.25, 0.3) is 11.5 Å². The first-order valence-corrected chi connectivity index (χ1v) is 5.89. The SMILES string of the molecule is CCc1cccc(-c2nc(CCl)c(C)o2)c1. The van der Waals surface area contributed by atoms with Gasteiger partial charge >= 0.3 is 0 Å². The zero-order valence-electron chi connectivity index (χ0n) is 9.46. The number of oxazole rings is 1. The Morgan fingerprint density at radius 1 is 1.38 bits per heavy atom. The molecule has 0 atom stereocenters. The minimum absolute atomic E-state index is 0.392. The molecule has 0 fully saturated rings.